The number of carbonyl (C=O) groups is 1. The van der Waals surface area contributed by atoms with Crippen molar-refractivity contribution < 1.29 is 9.53 Å². The van der Waals surface area contributed by atoms with Crippen LogP contribution in [0.25, 0.3) is 0 Å². The second-order valence-corrected chi connectivity index (χ2v) is 7.58. The van der Waals surface area contributed by atoms with Gasteiger partial charge in [0.1, 0.15) is 6.10 Å². The summed E-state index contributed by atoms with van der Waals surface area (Å²) in [4.78, 5) is 16.6. The average molecular weight is 364 g/mol. The Hall–Kier alpha value is -1.25. The Morgan fingerprint density at radius 2 is 1.69 bits per heavy atom. The van der Waals surface area contributed by atoms with Crippen molar-refractivity contribution in [2.24, 2.45) is 0 Å². The van der Waals surface area contributed by atoms with Crippen molar-refractivity contribution in [2.45, 2.75) is 70.8 Å². The van der Waals surface area contributed by atoms with Gasteiger partial charge < -0.3 is 10.1 Å². The molecule has 26 heavy (non-hydrogen) atoms. The average Bonchev–Trinajstić information content (AvgIpc) is 3.30. The zero-order valence-electron chi connectivity index (χ0n) is 16.6. The second-order valence-electron chi connectivity index (χ2n) is 7.58. The molecule has 0 aromatic heterocycles. The summed E-state index contributed by atoms with van der Waals surface area (Å²) in [6.07, 6.45) is 10.7. The molecule has 148 valence electrons. The number of likely N-dealkylation sites (tertiary alicyclic amines) is 2. The standard InChI is InChI=1S/C21H37N3O2/c1-2-3-4-5-6-7-13-22-21(25)26-20-12-18-24(19-20)17-11-10-16-23-14-8-9-15-23/h20H,2-9,12-19H2,1H3,(H,22,25). The van der Waals surface area contributed by atoms with E-state index < -0.39 is 0 Å². The Labute approximate surface area is 159 Å². The lowest BCUT2D eigenvalue weighted by Crippen LogP contribution is -2.31. The summed E-state index contributed by atoms with van der Waals surface area (Å²) in [5.41, 5.74) is 0. The van der Waals surface area contributed by atoms with Crippen molar-refractivity contribution in [1.29, 1.82) is 0 Å². The molecule has 0 aromatic rings. The number of rotatable bonds is 10. The molecule has 1 N–H and O–H groups in total. The number of nitrogens with one attached hydrogen (secondary N) is 1. The summed E-state index contributed by atoms with van der Waals surface area (Å²) in [5.74, 6) is 6.55. The first-order chi connectivity index (χ1) is 12.8. The molecule has 2 aliphatic heterocycles. The monoisotopic (exact) mass is 363 g/mol. The molecule has 2 saturated heterocycles. The molecular weight excluding hydrogens is 326 g/mol. The molecule has 2 fully saturated rings. The van der Waals surface area contributed by atoms with E-state index in [9.17, 15) is 4.79 Å². The Kier molecular flexibility index (Phi) is 10.5. The zero-order valence-corrected chi connectivity index (χ0v) is 16.6. The van der Waals surface area contributed by atoms with Crippen LogP contribution in [0.4, 0.5) is 4.79 Å². The largest absolute Gasteiger partial charge is 0.445 e. The van der Waals surface area contributed by atoms with E-state index in [1.807, 2.05) is 0 Å². The van der Waals surface area contributed by atoms with Gasteiger partial charge in [-0.15, -0.1) is 0 Å². The maximum atomic E-state index is 11.9. The fourth-order valence-electron chi connectivity index (χ4n) is 3.60. The number of ether oxygens (including phenoxy) is 1. The molecule has 1 atom stereocenters. The number of hydrogen-bond acceptors (Lipinski definition) is 4. The van der Waals surface area contributed by atoms with Crippen LogP contribution in [0.2, 0.25) is 0 Å². The third-order valence-electron chi connectivity index (χ3n) is 5.23. The van der Waals surface area contributed by atoms with Crippen LogP contribution in [-0.4, -0.2) is 67.8 Å². The van der Waals surface area contributed by atoms with Crippen LogP contribution in [0.5, 0.6) is 0 Å². The normalized spacial score (nSPS) is 20.7. The molecular formula is C21H37N3O2. The number of carbonyl (C=O) groups excluding carboxylic acids is 1. The van der Waals surface area contributed by atoms with Gasteiger partial charge in [0.25, 0.3) is 0 Å². The van der Waals surface area contributed by atoms with Gasteiger partial charge in [-0.2, -0.15) is 0 Å². The summed E-state index contributed by atoms with van der Waals surface area (Å²) >= 11 is 0. The van der Waals surface area contributed by atoms with Crippen LogP contribution in [0.3, 0.4) is 0 Å². The molecule has 5 nitrogen and oxygen atoms in total. The first-order valence-corrected chi connectivity index (χ1v) is 10.6. The predicted octanol–water partition coefficient (Wildman–Crippen LogP) is 3.25. The minimum absolute atomic E-state index is 0.0138. The molecule has 5 heteroatoms. The van der Waals surface area contributed by atoms with E-state index >= 15 is 0 Å². The van der Waals surface area contributed by atoms with Gasteiger partial charge in [-0.3, -0.25) is 9.80 Å². The Morgan fingerprint density at radius 3 is 2.46 bits per heavy atom. The highest BCUT2D eigenvalue weighted by molar-refractivity contribution is 5.67. The number of amides is 1. The lowest BCUT2D eigenvalue weighted by Gasteiger charge is -2.14. The topological polar surface area (TPSA) is 44.8 Å². The summed E-state index contributed by atoms with van der Waals surface area (Å²) < 4.78 is 5.53. The predicted molar refractivity (Wildman–Crippen MR) is 106 cm³/mol. The first-order valence-electron chi connectivity index (χ1n) is 10.6. The maximum absolute atomic E-state index is 11.9. The van der Waals surface area contributed by atoms with Crippen molar-refractivity contribution >= 4 is 6.09 Å². The molecule has 2 aliphatic rings. The number of nitrogens with zero attached hydrogens (tertiary/aromatic N) is 2. The minimum atomic E-state index is -0.259. The molecule has 0 spiro atoms. The second kappa shape index (κ2) is 13.0. The van der Waals surface area contributed by atoms with E-state index in [4.69, 9.17) is 4.74 Å². The summed E-state index contributed by atoms with van der Waals surface area (Å²) in [5, 5.41) is 2.89. The van der Waals surface area contributed by atoms with E-state index in [0.717, 1.165) is 45.6 Å². The highest BCUT2D eigenvalue weighted by atomic mass is 16.6. The van der Waals surface area contributed by atoms with Crippen molar-refractivity contribution in [3.8, 4) is 11.8 Å². The minimum Gasteiger partial charge on any atom is -0.445 e. The maximum Gasteiger partial charge on any atom is 0.407 e. The molecule has 1 amide bonds. The van der Waals surface area contributed by atoms with Crippen LogP contribution < -0.4 is 5.32 Å². The van der Waals surface area contributed by atoms with Crippen LogP contribution in [-0.2, 0) is 4.74 Å². The fraction of sp³-hybridized carbons (Fsp3) is 0.857. The van der Waals surface area contributed by atoms with Gasteiger partial charge in [-0.05, 0) is 38.8 Å². The number of alkyl carbamates (subject to hydrolysis) is 1. The van der Waals surface area contributed by atoms with E-state index in [-0.39, 0.29) is 12.2 Å². The third-order valence-corrected chi connectivity index (χ3v) is 5.23. The van der Waals surface area contributed by atoms with Crippen molar-refractivity contribution in [3.63, 3.8) is 0 Å². The van der Waals surface area contributed by atoms with Gasteiger partial charge in [0.05, 0.1) is 13.1 Å². The quantitative estimate of drug-likeness (QED) is 0.478. The highest BCUT2D eigenvalue weighted by Gasteiger charge is 2.24. The molecule has 1 unspecified atom stereocenters. The molecule has 0 aliphatic carbocycles. The Bertz CT molecular complexity index is 452. The van der Waals surface area contributed by atoms with E-state index in [1.54, 1.807) is 0 Å². The molecule has 0 aromatic carbocycles. The SMILES string of the molecule is CCCCCCCCNC(=O)OC1CCN(CC#CCN2CCCC2)C1. The number of hydrogen-bond donors (Lipinski definition) is 1. The van der Waals surface area contributed by atoms with Gasteiger partial charge in [-0.1, -0.05) is 50.9 Å². The Balaban J connectivity index is 1.47. The van der Waals surface area contributed by atoms with Gasteiger partial charge in [-0.25, -0.2) is 4.79 Å². The Morgan fingerprint density at radius 1 is 1.00 bits per heavy atom. The van der Waals surface area contributed by atoms with Crippen molar-refractivity contribution in [1.82, 2.24) is 15.1 Å². The summed E-state index contributed by atoms with van der Waals surface area (Å²) in [6.45, 7) is 8.80. The van der Waals surface area contributed by atoms with Crippen molar-refractivity contribution in [3.05, 3.63) is 0 Å². The highest BCUT2D eigenvalue weighted by Crippen LogP contribution is 2.12. The molecule has 0 saturated carbocycles. The van der Waals surface area contributed by atoms with Crippen molar-refractivity contribution in [2.75, 3.05) is 45.8 Å². The van der Waals surface area contributed by atoms with Crippen LogP contribution in [0.15, 0.2) is 0 Å². The summed E-state index contributed by atoms with van der Waals surface area (Å²) in [6, 6.07) is 0. The van der Waals surface area contributed by atoms with E-state index in [0.29, 0.717) is 0 Å². The summed E-state index contributed by atoms with van der Waals surface area (Å²) in [7, 11) is 0. The number of unbranched alkanes of at least 4 members (excludes halogenated alkanes) is 5. The van der Waals surface area contributed by atoms with Crippen LogP contribution in [0.1, 0.15) is 64.7 Å². The van der Waals surface area contributed by atoms with Crippen LogP contribution in [0, 0.1) is 11.8 Å². The van der Waals surface area contributed by atoms with Gasteiger partial charge in [0, 0.05) is 19.6 Å². The van der Waals surface area contributed by atoms with Gasteiger partial charge >= 0.3 is 6.09 Å². The fourth-order valence-corrected chi connectivity index (χ4v) is 3.60. The zero-order chi connectivity index (χ0) is 18.5. The smallest absolute Gasteiger partial charge is 0.407 e. The lowest BCUT2D eigenvalue weighted by atomic mass is 10.1. The van der Waals surface area contributed by atoms with E-state index in [2.05, 4.69) is 33.9 Å². The molecule has 2 rings (SSSR count). The van der Waals surface area contributed by atoms with Crippen LogP contribution >= 0.6 is 0 Å². The van der Waals surface area contributed by atoms with E-state index in [1.165, 1.54) is 58.0 Å². The van der Waals surface area contributed by atoms with Gasteiger partial charge in [0.15, 0.2) is 0 Å². The van der Waals surface area contributed by atoms with Gasteiger partial charge in [0.2, 0.25) is 0 Å². The first kappa shape index (κ1) is 21.1. The molecule has 2 heterocycles. The molecule has 0 bridgehead atoms. The third kappa shape index (κ3) is 8.91. The molecule has 0 radical (unpaired) electrons. The lowest BCUT2D eigenvalue weighted by molar-refractivity contribution is 0.101.